The number of amides is 3. The van der Waals surface area contributed by atoms with E-state index in [4.69, 9.17) is 16.6 Å². The molecule has 13 nitrogen and oxygen atoms in total. The number of benzene rings is 1. The number of aromatic nitrogens is 1. The van der Waals surface area contributed by atoms with Gasteiger partial charge >= 0.3 is 5.97 Å². The first-order valence-corrected chi connectivity index (χ1v) is 10.6. The van der Waals surface area contributed by atoms with Crippen LogP contribution in [-0.2, 0) is 25.6 Å². The Morgan fingerprint density at radius 1 is 0.912 bits per heavy atom. The van der Waals surface area contributed by atoms with Crippen molar-refractivity contribution in [1.82, 2.24) is 20.9 Å². The van der Waals surface area contributed by atoms with Gasteiger partial charge in [-0.15, -0.1) is 0 Å². The van der Waals surface area contributed by atoms with Crippen LogP contribution in [0.4, 0.5) is 0 Å². The van der Waals surface area contributed by atoms with Crippen LogP contribution in [0.2, 0.25) is 0 Å². The number of fused-ring (bicyclic) bond motifs is 1. The number of aromatic amines is 1. The molecule has 186 valence electrons. The third kappa shape index (κ3) is 6.99. The van der Waals surface area contributed by atoms with E-state index in [0.717, 1.165) is 10.9 Å². The van der Waals surface area contributed by atoms with Crippen molar-refractivity contribution >= 4 is 34.6 Å². The molecular weight excluding hydrogens is 448 g/mol. The number of H-pyrrole nitrogens is 1. The van der Waals surface area contributed by atoms with E-state index >= 15 is 0 Å². The summed E-state index contributed by atoms with van der Waals surface area (Å²) in [5, 5.41) is 35.7. The van der Waals surface area contributed by atoms with E-state index in [1.165, 1.54) is 0 Å². The van der Waals surface area contributed by atoms with Crippen molar-refractivity contribution in [1.29, 1.82) is 0 Å². The lowest BCUT2D eigenvalue weighted by Crippen LogP contribution is -2.58. The largest absolute Gasteiger partial charge is 0.480 e. The van der Waals surface area contributed by atoms with Crippen molar-refractivity contribution in [2.75, 3.05) is 19.8 Å². The highest BCUT2D eigenvalue weighted by Gasteiger charge is 2.30. The van der Waals surface area contributed by atoms with Gasteiger partial charge in [-0.25, -0.2) is 4.79 Å². The summed E-state index contributed by atoms with van der Waals surface area (Å²) in [6.45, 7) is -1.47. The predicted octanol–water partition coefficient (Wildman–Crippen LogP) is -3.09. The van der Waals surface area contributed by atoms with Gasteiger partial charge < -0.3 is 47.7 Å². The second-order valence-electron chi connectivity index (χ2n) is 7.63. The fraction of sp³-hybridized carbons (Fsp3) is 0.429. The number of aliphatic hydroxyl groups is 2. The Morgan fingerprint density at radius 2 is 1.53 bits per heavy atom. The van der Waals surface area contributed by atoms with Crippen LogP contribution in [-0.4, -0.2) is 87.9 Å². The van der Waals surface area contributed by atoms with Crippen LogP contribution in [0.25, 0.3) is 10.9 Å². The summed E-state index contributed by atoms with van der Waals surface area (Å²) in [7, 11) is 0. The first-order chi connectivity index (χ1) is 16.2. The fourth-order valence-electron chi connectivity index (χ4n) is 3.25. The molecule has 4 atom stereocenters. The number of carbonyl (C=O) groups excluding carboxylic acids is 3. The number of para-hydroxylation sites is 1. The second kappa shape index (κ2) is 12.6. The number of aliphatic carboxylic acids is 1. The zero-order chi connectivity index (χ0) is 25.3. The Hall–Kier alpha value is -3.52. The van der Waals surface area contributed by atoms with Crippen LogP contribution in [0.15, 0.2) is 30.5 Å². The summed E-state index contributed by atoms with van der Waals surface area (Å²) < 4.78 is 0. The molecule has 11 N–H and O–H groups in total. The van der Waals surface area contributed by atoms with Gasteiger partial charge in [-0.1, -0.05) is 18.2 Å². The molecule has 0 spiro atoms. The molecule has 3 amide bonds. The normalized spacial score (nSPS) is 14.6. The number of carboxylic acid groups (broad SMARTS) is 1. The molecule has 0 radical (unpaired) electrons. The summed E-state index contributed by atoms with van der Waals surface area (Å²) in [5.41, 5.74) is 12.4. The Labute approximate surface area is 194 Å². The van der Waals surface area contributed by atoms with Crippen LogP contribution in [0.5, 0.6) is 0 Å². The quantitative estimate of drug-likeness (QED) is 0.142. The molecule has 2 aromatic rings. The average molecular weight is 479 g/mol. The number of nitrogens with one attached hydrogen (secondary N) is 4. The van der Waals surface area contributed by atoms with E-state index in [-0.39, 0.29) is 19.4 Å². The number of hydrogen-bond donors (Lipinski definition) is 9. The van der Waals surface area contributed by atoms with Gasteiger partial charge in [0.25, 0.3) is 0 Å². The first-order valence-electron chi connectivity index (χ1n) is 10.6. The maximum absolute atomic E-state index is 13.0. The molecule has 0 saturated carbocycles. The average Bonchev–Trinajstić information content (AvgIpc) is 3.23. The zero-order valence-electron chi connectivity index (χ0n) is 18.4. The van der Waals surface area contributed by atoms with Gasteiger partial charge in [-0.05, 0) is 24.6 Å². The monoisotopic (exact) mass is 478 g/mol. The highest BCUT2D eigenvalue weighted by atomic mass is 16.4. The molecule has 0 saturated heterocycles. The number of hydrogen-bond acceptors (Lipinski definition) is 8. The molecule has 1 aromatic carbocycles. The zero-order valence-corrected chi connectivity index (χ0v) is 18.4. The lowest BCUT2D eigenvalue weighted by atomic mass is 10.0. The van der Waals surface area contributed by atoms with Crippen molar-refractivity contribution < 1.29 is 34.5 Å². The number of rotatable bonds is 13. The highest BCUT2D eigenvalue weighted by Crippen LogP contribution is 2.19. The minimum atomic E-state index is -1.49. The molecule has 0 fully saturated rings. The van der Waals surface area contributed by atoms with Crippen molar-refractivity contribution in [2.45, 2.75) is 37.0 Å². The lowest BCUT2D eigenvalue weighted by molar-refractivity contribution is -0.142. The topological polar surface area (TPSA) is 233 Å². The van der Waals surface area contributed by atoms with Crippen molar-refractivity contribution in [3.05, 3.63) is 36.0 Å². The van der Waals surface area contributed by atoms with E-state index in [2.05, 4.69) is 20.9 Å². The third-order valence-corrected chi connectivity index (χ3v) is 5.15. The number of aliphatic hydroxyl groups excluding tert-OH is 2. The molecule has 1 heterocycles. The summed E-state index contributed by atoms with van der Waals surface area (Å²) in [6, 6.07) is 2.02. The fourth-order valence-corrected chi connectivity index (χ4v) is 3.25. The molecule has 13 heteroatoms. The van der Waals surface area contributed by atoms with E-state index in [1.807, 2.05) is 18.2 Å². The summed E-state index contributed by atoms with van der Waals surface area (Å²) in [4.78, 5) is 52.0. The van der Waals surface area contributed by atoms with Crippen LogP contribution in [0.1, 0.15) is 12.0 Å². The number of nitrogens with two attached hydrogens (primary N) is 2. The van der Waals surface area contributed by atoms with E-state index in [1.54, 1.807) is 12.3 Å². The SMILES string of the molecule is NCC[C@H](NC(=O)[C@H](CO)NC(=O)[C@H](Cc1c[nH]c2ccccc12)NC(=O)[C@H](N)CO)C(=O)O. The lowest BCUT2D eigenvalue weighted by Gasteiger charge is -2.24. The first kappa shape index (κ1) is 26.7. The van der Waals surface area contributed by atoms with E-state index in [9.17, 15) is 29.4 Å². The van der Waals surface area contributed by atoms with Gasteiger partial charge in [0.15, 0.2) is 0 Å². The van der Waals surface area contributed by atoms with Gasteiger partial charge in [0.1, 0.15) is 24.2 Å². The number of carboxylic acids is 1. The van der Waals surface area contributed by atoms with E-state index in [0.29, 0.717) is 5.56 Å². The van der Waals surface area contributed by atoms with Crippen LogP contribution >= 0.6 is 0 Å². The number of carbonyl (C=O) groups is 4. The van der Waals surface area contributed by atoms with Crippen molar-refractivity contribution in [3.63, 3.8) is 0 Å². The summed E-state index contributed by atoms with van der Waals surface area (Å²) in [5.74, 6) is -3.85. The van der Waals surface area contributed by atoms with Gasteiger partial charge in [0, 0.05) is 23.5 Å². The minimum absolute atomic E-state index is 0.00274. The molecule has 0 aliphatic heterocycles. The van der Waals surface area contributed by atoms with Crippen molar-refractivity contribution in [3.8, 4) is 0 Å². The van der Waals surface area contributed by atoms with Gasteiger partial charge in [-0.2, -0.15) is 0 Å². The van der Waals surface area contributed by atoms with Crippen molar-refractivity contribution in [2.24, 2.45) is 11.5 Å². The van der Waals surface area contributed by atoms with Crippen LogP contribution in [0, 0.1) is 0 Å². The predicted molar refractivity (Wildman–Crippen MR) is 121 cm³/mol. The molecule has 1 aromatic heterocycles. The molecular formula is C21H30N6O7. The van der Waals surface area contributed by atoms with Crippen LogP contribution in [0.3, 0.4) is 0 Å². The van der Waals surface area contributed by atoms with Crippen LogP contribution < -0.4 is 27.4 Å². The molecule has 0 bridgehead atoms. The Balaban J connectivity index is 2.21. The molecule has 0 unspecified atom stereocenters. The second-order valence-corrected chi connectivity index (χ2v) is 7.63. The molecule has 0 aliphatic rings. The minimum Gasteiger partial charge on any atom is -0.480 e. The third-order valence-electron chi connectivity index (χ3n) is 5.15. The smallest absolute Gasteiger partial charge is 0.326 e. The highest BCUT2D eigenvalue weighted by molar-refractivity contribution is 5.95. The van der Waals surface area contributed by atoms with Gasteiger partial charge in [0.05, 0.1) is 13.2 Å². The Bertz CT molecular complexity index is 1010. The maximum atomic E-state index is 13.0. The summed E-state index contributed by atoms with van der Waals surface area (Å²) in [6.07, 6.45) is 1.62. The summed E-state index contributed by atoms with van der Waals surface area (Å²) >= 11 is 0. The molecule has 34 heavy (non-hydrogen) atoms. The maximum Gasteiger partial charge on any atom is 0.326 e. The Kier molecular flexibility index (Phi) is 9.94. The van der Waals surface area contributed by atoms with Gasteiger partial charge in [-0.3, -0.25) is 14.4 Å². The van der Waals surface area contributed by atoms with E-state index < -0.39 is 61.1 Å². The van der Waals surface area contributed by atoms with Gasteiger partial charge in [0.2, 0.25) is 17.7 Å². The Morgan fingerprint density at radius 3 is 2.15 bits per heavy atom. The molecule has 2 rings (SSSR count). The standard InChI is InChI=1S/C21H30N6O7/c22-6-5-15(21(33)34)25-20(32)17(10-29)27-19(31)16(26-18(30)13(23)9-28)7-11-8-24-14-4-2-1-3-12(11)14/h1-4,8,13,15-17,24,28-29H,5-7,9-10,22-23H2,(H,25,32)(H,26,30)(H,27,31)(H,33,34)/t13-,15+,16+,17+/m1/s1. The molecule has 0 aliphatic carbocycles.